The Bertz CT molecular complexity index is 1220. The molecule has 0 saturated carbocycles. The highest BCUT2D eigenvalue weighted by Gasteiger charge is 2.47. The van der Waals surface area contributed by atoms with Crippen LogP contribution in [0.1, 0.15) is 39.2 Å². The van der Waals surface area contributed by atoms with Gasteiger partial charge in [-0.2, -0.15) is 0 Å². The molecule has 2 aromatic carbocycles. The molecule has 1 aliphatic carbocycles. The molecule has 1 saturated heterocycles. The summed E-state index contributed by atoms with van der Waals surface area (Å²) in [6.45, 7) is 9.17. The Morgan fingerprint density at radius 1 is 1.05 bits per heavy atom. The predicted octanol–water partition coefficient (Wildman–Crippen LogP) is 6.01. The van der Waals surface area contributed by atoms with Gasteiger partial charge in [0.05, 0.1) is 16.3 Å². The van der Waals surface area contributed by atoms with Crippen molar-refractivity contribution in [3.8, 4) is 0 Å². The minimum Gasteiger partial charge on any atom is -0.308 e. The van der Waals surface area contributed by atoms with Gasteiger partial charge in [0.2, 0.25) is 0 Å². The molecule has 0 bridgehead atoms. The number of nitrogens with one attached hydrogen (secondary N) is 1. The van der Waals surface area contributed by atoms with Crippen molar-refractivity contribution in [3.63, 3.8) is 0 Å². The minimum absolute atomic E-state index is 0.00661. The lowest BCUT2D eigenvalue weighted by atomic mass is 9.68. The standard InChI is InChI=1S/C29H39FN4O2S/c1-28(2,3)22-6-12-26(13-7-22)37(35,36)33-15-14-23-16-27-21(17-29(23,20-33)19-32(4)5)18-31-34(27)25-10-8-24(30)9-11-25/h6-13,16,31,35-36H,14-15,17-20H2,1-5H3/t29-/m0/s1. The van der Waals surface area contributed by atoms with Crippen LogP contribution in [0.3, 0.4) is 0 Å². The van der Waals surface area contributed by atoms with Crippen LogP contribution in [0.4, 0.5) is 10.1 Å². The number of hydrogen-bond donors (Lipinski definition) is 3. The Balaban J connectivity index is 1.43. The number of rotatable bonds is 5. The lowest BCUT2D eigenvalue weighted by molar-refractivity contribution is 0.151. The molecule has 37 heavy (non-hydrogen) atoms. The summed E-state index contributed by atoms with van der Waals surface area (Å²) in [5.41, 5.74) is 9.11. The van der Waals surface area contributed by atoms with Gasteiger partial charge in [0.15, 0.2) is 0 Å². The number of nitrogens with zero attached hydrogens (tertiary/aromatic N) is 3. The summed E-state index contributed by atoms with van der Waals surface area (Å²) in [5.74, 6) is -0.247. The zero-order valence-corrected chi connectivity index (χ0v) is 23.3. The zero-order chi connectivity index (χ0) is 26.6. The molecular weight excluding hydrogens is 487 g/mol. The van der Waals surface area contributed by atoms with E-state index in [2.05, 4.69) is 56.3 Å². The molecule has 0 unspecified atom stereocenters. The molecule has 2 aliphatic heterocycles. The number of hydrazine groups is 1. The van der Waals surface area contributed by atoms with E-state index in [4.69, 9.17) is 0 Å². The molecule has 2 heterocycles. The van der Waals surface area contributed by atoms with E-state index in [-0.39, 0.29) is 16.6 Å². The van der Waals surface area contributed by atoms with Crippen LogP contribution in [0.2, 0.25) is 0 Å². The van der Waals surface area contributed by atoms with Gasteiger partial charge in [-0.05, 0) is 86.0 Å². The van der Waals surface area contributed by atoms with Gasteiger partial charge in [0.25, 0.3) is 0 Å². The SMILES string of the molecule is CN(C)C[C@]12CC3=C(C=C1CCN(S(O)(O)c1ccc(C(C)(C)C)cc1)C2)N(c1ccc(F)cc1)NC3. The Kier molecular flexibility index (Phi) is 6.80. The van der Waals surface area contributed by atoms with Crippen molar-refractivity contribution >= 4 is 16.5 Å². The molecule has 8 heteroatoms. The quantitative estimate of drug-likeness (QED) is 0.444. The monoisotopic (exact) mass is 526 g/mol. The van der Waals surface area contributed by atoms with Gasteiger partial charge in [-0.15, -0.1) is 10.8 Å². The lowest BCUT2D eigenvalue weighted by Gasteiger charge is -2.53. The van der Waals surface area contributed by atoms with E-state index in [1.165, 1.54) is 28.8 Å². The predicted molar refractivity (Wildman–Crippen MR) is 150 cm³/mol. The first kappa shape index (κ1) is 26.4. The van der Waals surface area contributed by atoms with Gasteiger partial charge < -0.3 is 4.90 Å². The highest BCUT2D eigenvalue weighted by atomic mass is 32.3. The van der Waals surface area contributed by atoms with Crippen molar-refractivity contribution < 1.29 is 13.5 Å². The molecule has 0 spiro atoms. The molecule has 3 aliphatic rings. The number of allylic oxidation sites excluding steroid dienone is 1. The Hall–Kier alpha value is -2.20. The average molecular weight is 527 g/mol. The fourth-order valence-corrected chi connectivity index (χ4v) is 7.53. The van der Waals surface area contributed by atoms with E-state index < -0.39 is 10.8 Å². The fourth-order valence-electron chi connectivity index (χ4n) is 5.96. The molecule has 1 atom stereocenters. The van der Waals surface area contributed by atoms with Crippen LogP contribution in [0.15, 0.2) is 76.3 Å². The van der Waals surface area contributed by atoms with Crippen molar-refractivity contribution in [2.24, 2.45) is 5.41 Å². The molecule has 0 radical (unpaired) electrons. The number of anilines is 1. The molecular formula is C29H39FN4O2S. The van der Waals surface area contributed by atoms with E-state index in [0.717, 1.165) is 37.3 Å². The first-order valence-electron chi connectivity index (χ1n) is 12.9. The fraction of sp³-hybridized carbons (Fsp3) is 0.448. The van der Waals surface area contributed by atoms with Gasteiger partial charge in [0.1, 0.15) is 5.82 Å². The smallest absolute Gasteiger partial charge is 0.123 e. The largest absolute Gasteiger partial charge is 0.308 e. The Morgan fingerprint density at radius 2 is 1.73 bits per heavy atom. The van der Waals surface area contributed by atoms with E-state index in [0.29, 0.717) is 18.0 Å². The topological polar surface area (TPSA) is 62.2 Å². The maximum Gasteiger partial charge on any atom is 0.123 e. The second-order valence-corrected chi connectivity index (χ2v) is 13.9. The van der Waals surface area contributed by atoms with E-state index in [1.54, 1.807) is 12.1 Å². The first-order valence-corrected chi connectivity index (χ1v) is 14.4. The number of halogens is 1. The third-order valence-corrected chi connectivity index (χ3v) is 9.74. The number of fused-ring (bicyclic) bond motifs is 1. The van der Waals surface area contributed by atoms with Crippen molar-refractivity contribution in [2.75, 3.05) is 45.3 Å². The summed E-state index contributed by atoms with van der Waals surface area (Å²) in [5, 5.41) is 2.05. The van der Waals surface area contributed by atoms with E-state index in [1.807, 2.05) is 28.6 Å². The normalized spacial score (nSPS) is 23.3. The number of hydrogen-bond acceptors (Lipinski definition) is 6. The van der Waals surface area contributed by atoms with Gasteiger partial charge in [0, 0.05) is 31.6 Å². The van der Waals surface area contributed by atoms with Crippen molar-refractivity contribution in [1.82, 2.24) is 14.6 Å². The summed E-state index contributed by atoms with van der Waals surface area (Å²) in [6.07, 6.45) is 3.89. The van der Waals surface area contributed by atoms with Gasteiger partial charge in [-0.25, -0.2) is 14.1 Å². The molecule has 2 aromatic rings. The number of benzene rings is 2. The maximum atomic E-state index is 13.5. The third kappa shape index (κ3) is 4.99. The summed E-state index contributed by atoms with van der Waals surface area (Å²) in [7, 11) is 1.04. The van der Waals surface area contributed by atoms with Crippen LogP contribution in [-0.4, -0.2) is 58.6 Å². The van der Waals surface area contributed by atoms with Crippen LogP contribution >= 0.6 is 10.8 Å². The van der Waals surface area contributed by atoms with Gasteiger partial charge in [-0.3, -0.25) is 14.1 Å². The van der Waals surface area contributed by atoms with Crippen LogP contribution < -0.4 is 10.4 Å². The molecule has 3 N–H and O–H groups in total. The molecule has 0 amide bonds. The maximum absolute atomic E-state index is 13.5. The average Bonchev–Trinajstić information content (AvgIpc) is 3.23. The van der Waals surface area contributed by atoms with Crippen molar-refractivity contribution in [1.29, 1.82) is 0 Å². The highest BCUT2D eigenvalue weighted by molar-refractivity contribution is 8.22. The molecule has 200 valence electrons. The van der Waals surface area contributed by atoms with Crippen LogP contribution in [0.25, 0.3) is 0 Å². The molecule has 1 fully saturated rings. The van der Waals surface area contributed by atoms with Crippen molar-refractivity contribution in [3.05, 3.63) is 82.8 Å². The zero-order valence-electron chi connectivity index (χ0n) is 22.5. The van der Waals surface area contributed by atoms with E-state index in [9.17, 15) is 13.5 Å². The van der Waals surface area contributed by atoms with Gasteiger partial charge >= 0.3 is 0 Å². The summed E-state index contributed by atoms with van der Waals surface area (Å²) < 4.78 is 38.4. The van der Waals surface area contributed by atoms with Gasteiger partial charge in [-0.1, -0.05) is 38.5 Å². The third-order valence-electron chi connectivity index (χ3n) is 7.81. The molecule has 0 aromatic heterocycles. The highest BCUT2D eigenvalue weighted by Crippen LogP contribution is 2.57. The van der Waals surface area contributed by atoms with Crippen LogP contribution in [0, 0.1) is 11.2 Å². The lowest BCUT2D eigenvalue weighted by Crippen LogP contribution is -2.51. The Labute approximate surface area is 221 Å². The molecule has 6 nitrogen and oxygen atoms in total. The summed E-state index contributed by atoms with van der Waals surface area (Å²) >= 11 is 0. The summed E-state index contributed by atoms with van der Waals surface area (Å²) in [4.78, 5) is 2.78. The second kappa shape index (κ2) is 9.52. The minimum atomic E-state index is -3.12. The number of piperidine rings is 1. The Morgan fingerprint density at radius 3 is 2.35 bits per heavy atom. The van der Waals surface area contributed by atoms with E-state index >= 15 is 0 Å². The summed E-state index contributed by atoms with van der Waals surface area (Å²) in [6, 6.07) is 14.3. The van der Waals surface area contributed by atoms with Crippen molar-refractivity contribution in [2.45, 2.75) is 43.9 Å². The van der Waals surface area contributed by atoms with Crippen LogP contribution in [-0.2, 0) is 5.41 Å². The second-order valence-electron chi connectivity index (χ2n) is 11.9. The first-order chi connectivity index (χ1) is 17.4. The molecule has 5 rings (SSSR count). The van der Waals surface area contributed by atoms with Crippen LogP contribution in [0.5, 0.6) is 0 Å².